The predicted molar refractivity (Wildman–Crippen MR) is 197 cm³/mol. The molecule has 3 aromatic heterocycles. The molecule has 2 aliphatic rings. The number of hydrogen-bond donors (Lipinski definition) is 2. The molecule has 7 rings (SSSR count). The topological polar surface area (TPSA) is 113 Å². The highest BCUT2D eigenvalue weighted by Crippen LogP contribution is 2.37. The Morgan fingerprint density at radius 3 is 2.49 bits per heavy atom. The van der Waals surface area contributed by atoms with Crippen molar-refractivity contribution in [3.8, 4) is 11.3 Å². The van der Waals surface area contributed by atoms with E-state index >= 15 is 0 Å². The molecular formula is C41H42F3N7O2. The van der Waals surface area contributed by atoms with E-state index in [9.17, 15) is 22.8 Å². The SMILES string of the molecule is Cc1cc([C@@]2(C)CCC(=O)NC2=O)ccc1C1CCN(Cc2cncc(-c3cc4c(N[C@H](C)c5cccc(C(F)F)c5F)nnc(C)c4cn3)c2)CC1. The lowest BCUT2D eigenvalue weighted by atomic mass is 9.74. The number of nitrogens with one attached hydrogen (secondary N) is 2. The number of hydrogen-bond acceptors (Lipinski definition) is 8. The fourth-order valence-corrected chi connectivity index (χ4v) is 7.72. The van der Waals surface area contributed by atoms with E-state index in [1.54, 1.807) is 19.3 Å². The Labute approximate surface area is 306 Å². The Kier molecular flexibility index (Phi) is 9.99. The summed E-state index contributed by atoms with van der Waals surface area (Å²) in [7, 11) is 0. The molecule has 9 nitrogen and oxygen atoms in total. The number of fused-ring (bicyclic) bond motifs is 1. The smallest absolute Gasteiger partial charge is 0.266 e. The molecule has 2 saturated heterocycles. The lowest BCUT2D eigenvalue weighted by Gasteiger charge is -2.34. The minimum Gasteiger partial charge on any atom is -0.361 e. The Hall–Kier alpha value is -5.23. The second-order valence-corrected chi connectivity index (χ2v) is 14.6. The quantitative estimate of drug-likeness (QED) is 0.147. The summed E-state index contributed by atoms with van der Waals surface area (Å²) in [5, 5.41) is 15.8. The number of carbonyl (C=O) groups is 2. The number of imide groups is 1. The van der Waals surface area contributed by atoms with Crippen LogP contribution in [0.4, 0.5) is 19.0 Å². The molecule has 5 aromatic rings. The van der Waals surface area contributed by atoms with Gasteiger partial charge in [-0.15, -0.1) is 5.10 Å². The molecular weight excluding hydrogens is 679 g/mol. The first kappa shape index (κ1) is 36.1. The molecule has 2 aliphatic heterocycles. The number of anilines is 1. The Morgan fingerprint density at radius 1 is 0.981 bits per heavy atom. The highest BCUT2D eigenvalue weighted by Gasteiger charge is 2.40. The largest absolute Gasteiger partial charge is 0.361 e. The van der Waals surface area contributed by atoms with Gasteiger partial charge in [0.2, 0.25) is 11.8 Å². The van der Waals surface area contributed by atoms with Crippen molar-refractivity contribution in [2.75, 3.05) is 18.4 Å². The number of likely N-dealkylation sites (tertiary alicyclic amines) is 1. The van der Waals surface area contributed by atoms with Gasteiger partial charge in [-0.2, -0.15) is 5.10 Å². The van der Waals surface area contributed by atoms with Crippen LogP contribution in [0, 0.1) is 19.7 Å². The minimum absolute atomic E-state index is 0.112. The maximum Gasteiger partial charge on any atom is 0.266 e. The van der Waals surface area contributed by atoms with Crippen LogP contribution in [0.3, 0.4) is 0 Å². The van der Waals surface area contributed by atoms with Gasteiger partial charge in [-0.3, -0.25) is 29.8 Å². The van der Waals surface area contributed by atoms with Crippen LogP contribution in [0.1, 0.15) is 97.0 Å². The standard InChI is InChI=1S/C41H42F3N7O2/c1-23-16-29(41(4)13-10-36(52)48-40(41)53)8-9-30(23)27-11-14-51(15-12-27)22-26-17-28(20-45-19-26)35-18-33-34(21-46-35)25(3)49-50-39(33)47-24(2)31-6-5-7-32(37(31)42)38(43)44/h5-9,16-21,24,27,38H,10-15,22H2,1-4H3,(H,47,50)(H,48,52,53)/t24-,41-/m1/s1. The Morgan fingerprint density at radius 2 is 1.75 bits per heavy atom. The highest BCUT2D eigenvalue weighted by molar-refractivity contribution is 6.03. The molecule has 5 heterocycles. The summed E-state index contributed by atoms with van der Waals surface area (Å²) in [6, 6.07) is 13.7. The van der Waals surface area contributed by atoms with Crippen molar-refractivity contribution in [1.29, 1.82) is 0 Å². The summed E-state index contributed by atoms with van der Waals surface area (Å²) in [5.41, 5.74) is 5.47. The monoisotopic (exact) mass is 721 g/mol. The van der Waals surface area contributed by atoms with Gasteiger partial charge < -0.3 is 5.32 Å². The van der Waals surface area contributed by atoms with Crippen LogP contribution >= 0.6 is 0 Å². The van der Waals surface area contributed by atoms with Gasteiger partial charge in [0.05, 0.1) is 28.4 Å². The number of carbonyl (C=O) groups excluding carboxylic acids is 2. The number of alkyl halides is 2. The number of piperidine rings is 2. The molecule has 0 spiro atoms. The van der Waals surface area contributed by atoms with Gasteiger partial charge in [0, 0.05) is 53.5 Å². The van der Waals surface area contributed by atoms with Crippen molar-refractivity contribution >= 4 is 28.4 Å². The van der Waals surface area contributed by atoms with Crippen molar-refractivity contribution in [2.45, 2.75) is 83.7 Å². The summed E-state index contributed by atoms with van der Waals surface area (Å²) < 4.78 is 41.7. The average molecular weight is 722 g/mol. The van der Waals surface area contributed by atoms with Crippen molar-refractivity contribution in [2.24, 2.45) is 0 Å². The number of rotatable bonds is 9. The fourth-order valence-electron chi connectivity index (χ4n) is 7.72. The third-order valence-corrected chi connectivity index (χ3v) is 11.0. The number of pyridine rings is 2. The van der Waals surface area contributed by atoms with E-state index in [-0.39, 0.29) is 17.4 Å². The highest BCUT2D eigenvalue weighted by atomic mass is 19.3. The fraction of sp³-hybridized carbons (Fsp3) is 0.366. The second-order valence-electron chi connectivity index (χ2n) is 14.6. The van der Waals surface area contributed by atoms with E-state index < -0.39 is 29.3 Å². The zero-order valence-electron chi connectivity index (χ0n) is 30.2. The number of halogens is 3. The van der Waals surface area contributed by atoms with Gasteiger partial charge in [0.15, 0.2) is 5.82 Å². The first-order valence-corrected chi connectivity index (χ1v) is 18.0. The molecule has 0 radical (unpaired) electrons. The molecule has 53 heavy (non-hydrogen) atoms. The maximum absolute atomic E-state index is 15.0. The molecule has 2 fully saturated rings. The van der Waals surface area contributed by atoms with E-state index in [4.69, 9.17) is 4.98 Å². The number of aromatic nitrogens is 4. The number of benzene rings is 2. The van der Waals surface area contributed by atoms with Gasteiger partial charge in [-0.25, -0.2) is 13.2 Å². The average Bonchev–Trinajstić information content (AvgIpc) is 3.15. The van der Waals surface area contributed by atoms with Gasteiger partial charge >= 0.3 is 0 Å². The van der Waals surface area contributed by atoms with Crippen LogP contribution in [0.2, 0.25) is 0 Å². The second kappa shape index (κ2) is 14.7. The maximum atomic E-state index is 15.0. The third kappa shape index (κ3) is 7.24. The van der Waals surface area contributed by atoms with Gasteiger partial charge in [0.25, 0.3) is 6.43 Å². The lowest BCUT2D eigenvalue weighted by molar-refractivity contribution is -0.137. The normalized spacial score (nSPS) is 19.1. The van der Waals surface area contributed by atoms with E-state index in [1.807, 2.05) is 26.1 Å². The summed E-state index contributed by atoms with van der Waals surface area (Å²) in [4.78, 5) is 36.2. The predicted octanol–water partition coefficient (Wildman–Crippen LogP) is 8.03. The van der Waals surface area contributed by atoms with Gasteiger partial charge in [-0.05, 0) is 100 Å². The number of amides is 2. The third-order valence-electron chi connectivity index (χ3n) is 11.0. The van der Waals surface area contributed by atoms with Crippen LogP contribution in [0.5, 0.6) is 0 Å². The van der Waals surface area contributed by atoms with E-state index in [0.29, 0.717) is 36.0 Å². The van der Waals surface area contributed by atoms with Crippen molar-refractivity contribution < 1.29 is 22.8 Å². The Bertz CT molecular complexity index is 2200. The molecule has 0 aliphatic carbocycles. The van der Waals surface area contributed by atoms with Crippen LogP contribution < -0.4 is 10.6 Å². The van der Waals surface area contributed by atoms with Crippen LogP contribution in [-0.4, -0.2) is 50.0 Å². The van der Waals surface area contributed by atoms with Crippen molar-refractivity contribution in [3.63, 3.8) is 0 Å². The summed E-state index contributed by atoms with van der Waals surface area (Å²) >= 11 is 0. The van der Waals surface area contributed by atoms with E-state index in [0.717, 1.165) is 66.0 Å². The number of aryl methyl sites for hydroxylation is 2. The zero-order chi connectivity index (χ0) is 37.4. The summed E-state index contributed by atoms with van der Waals surface area (Å²) in [6.45, 7) is 10.2. The van der Waals surface area contributed by atoms with Crippen molar-refractivity contribution in [1.82, 2.24) is 30.4 Å². The molecule has 0 unspecified atom stereocenters. The molecule has 2 N–H and O–H groups in total. The van der Waals surface area contributed by atoms with Gasteiger partial charge in [-0.1, -0.05) is 36.4 Å². The number of nitrogens with zero attached hydrogens (tertiary/aromatic N) is 5. The summed E-state index contributed by atoms with van der Waals surface area (Å²) in [6.07, 6.45) is 5.35. The molecule has 2 atom stereocenters. The van der Waals surface area contributed by atoms with Crippen LogP contribution in [0.25, 0.3) is 22.0 Å². The first-order chi connectivity index (χ1) is 25.4. The molecule has 12 heteroatoms. The lowest BCUT2D eigenvalue weighted by Crippen LogP contribution is -2.49. The molecule has 0 bridgehead atoms. The van der Waals surface area contributed by atoms with E-state index in [1.165, 1.54) is 23.3 Å². The van der Waals surface area contributed by atoms with Gasteiger partial charge in [0.1, 0.15) is 5.82 Å². The minimum atomic E-state index is -2.92. The summed E-state index contributed by atoms with van der Waals surface area (Å²) in [5.74, 6) is -0.560. The first-order valence-electron chi connectivity index (χ1n) is 18.0. The Balaban J connectivity index is 1.04. The molecule has 2 aromatic carbocycles. The molecule has 2 amide bonds. The van der Waals surface area contributed by atoms with E-state index in [2.05, 4.69) is 61.9 Å². The molecule has 0 saturated carbocycles. The van der Waals surface area contributed by atoms with Crippen LogP contribution in [0.15, 0.2) is 67.1 Å². The zero-order valence-corrected chi connectivity index (χ0v) is 30.2. The van der Waals surface area contributed by atoms with Crippen molar-refractivity contribution in [3.05, 3.63) is 112 Å². The van der Waals surface area contributed by atoms with Crippen LogP contribution in [-0.2, 0) is 21.5 Å². The molecule has 274 valence electrons.